The summed E-state index contributed by atoms with van der Waals surface area (Å²) in [6, 6.07) is 1.59. The van der Waals surface area contributed by atoms with Crippen LogP contribution in [-0.2, 0) is 6.18 Å². The van der Waals surface area contributed by atoms with E-state index in [0.717, 1.165) is 13.2 Å². The topological polar surface area (TPSA) is 72.5 Å². The van der Waals surface area contributed by atoms with Crippen LogP contribution in [0.25, 0.3) is 0 Å². The summed E-state index contributed by atoms with van der Waals surface area (Å²) < 4.78 is 42.0. The maximum Gasteiger partial charge on any atom is 0.418 e. The Hall–Kier alpha value is -1.92. The number of alkyl halides is 3. The van der Waals surface area contributed by atoms with Gasteiger partial charge in [0.2, 0.25) is 0 Å². The Morgan fingerprint density at radius 3 is 2.38 bits per heavy atom. The second-order valence-corrected chi connectivity index (χ2v) is 2.94. The largest absolute Gasteiger partial charge is 0.497 e. The molecule has 0 amide bonds. The molecule has 3 N–H and O–H groups in total. The Balaban J connectivity index is 3.50. The number of methoxy groups -OCH3 is 1. The lowest BCUT2D eigenvalue weighted by atomic mass is 10.1. The minimum absolute atomic E-state index is 0.209. The van der Waals surface area contributed by atoms with Crippen LogP contribution in [-0.4, -0.2) is 18.2 Å². The summed E-state index contributed by atoms with van der Waals surface area (Å²) in [5, 5.41) is 8.67. The van der Waals surface area contributed by atoms with Crippen molar-refractivity contribution in [1.29, 1.82) is 0 Å². The first kappa shape index (κ1) is 12.2. The lowest BCUT2D eigenvalue weighted by Crippen LogP contribution is -2.13. The Morgan fingerprint density at radius 1 is 1.44 bits per heavy atom. The van der Waals surface area contributed by atoms with E-state index in [4.69, 9.17) is 10.8 Å². The number of rotatable bonds is 2. The number of benzene rings is 1. The third kappa shape index (κ3) is 2.18. The van der Waals surface area contributed by atoms with Crippen LogP contribution in [0.5, 0.6) is 5.75 Å². The predicted octanol–water partition coefficient (Wildman–Crippen LogP) is 1.99. The molecule has 4 nitrogen and oxygen atoms in total. The highest BCUT2D eigenvalue weighted by molar-refractivity contribution is 5.95. The Bertz CT molecular complexity index is 429. The third-order valence-electron chi connectivity index (χ3n) is 1.93. The van der Waals surface area contributed by atoms with Gasteiger partial charge in [0.1, 0.15) is 5.75 Å². The van der Waals surface area contributed by atoms with Gasteiger partial charge < -0.3 is 15.6 Å². The Kier molecular flexibility index (Phi) is 2.97. The molecule has 0 heterocycles. The molecule has 0 bridgehead atoms. The van der Waals surface area contributed by atoms with Gasteiger partial charge in [-0.2, -0.15) is 13.2 Å². The average molecular weight is 235 g/mol. The fourth-order valence-corrected chi connectivity index (χ4v) is 1.16. The van der Waals surface area contributed by atoms with Gasteiger partial charge in [0, 0.05) is 0 Å². The standard InChI is InChI=1S/C9H8F3NO3/c1-16-4-2-5(8(14)15)7(13)6(3-4)9(10,11)12/h2-3H,13H2,1H3,(H,14,15). The molecular formula is C9H8F3NO3. The number of carbonyl (C=O) groups is 1. The van der Waals surface area contributed by atoms with Crippen LogP contribution in [0, 0.1) is 0 Å². The summed E-state index contributed by atoms with van der Waals surface area (Å²) in [5.41, 5.74) is 2.47. The van der Waals surface area contributed by atoms with E-state index >= 15 is 0 Å². The van der Waals surface area contributed by atoms with Gasteiger partial charge >= 0.3 is 12.1 Å². The fourth-order valence-electron chi connectivity index (χ4n) is 1.16. The van der Waals surface area contributed by atoms with Crippen LogP contribution >= 0.6 is 0 Å². The molecule has 0 saturated carbocycles. The van der Waals surface area contributed by atoms with Crippen molar-refractivity contribution in [2.45, 2.75) is 6.18 Å². The van der Waals surface area contributed by atoms with Gasteiger partial charge in [-0.15, -0.1) is 0 Å². The molecule has 0 radical (unpaired) electrons. The molecule has 0 atom stereocenters. The average Bonchev–Trinajstić information content (AvgIpc) is 2.15. The van der Waals surface area contributed by atoms with E-state index in [-0.39, 0.29) is 5.75 Å². The highest BCUT2D eigenvalue weighted by Gasteiger charge is 2.35. The lowest BCUT2D eigenvalue weighted by molar-refractivity contribution is -0.137. The van der Waals surface area contributed by atoms with Crippen molar-refractivity contribution in [1.82, 2.24) is 0 Å². The highest BCUT2D eigenvalue weighted by Crippen LogP contribution is 2.37. The van der Waals surface area contributed by atoms with Crippen molar-refractivity contribution in [3.63, 3.8) is 0 Å². The van der Waals surface area contributed by atoms with Crippen LogP contribution < -0.4 is 10.5 Å². The molecule has 1 rings (SSSR count). The van der Waals surface area contributed by atoms with Gasteiger partial charge in [-0.25, -0.2) is 4.79 Å². The number of carboxylic acid groups (broad SMARTS) is 1. The first-order valence-electron chi connectivity index (χ1n) is 4.05. The van der Waals surface area contributed by atoms with E-state index in [1.54, 1.807) is 0 Å². The molecule has 16 heavy (non-hydrogen) atoms. The predicted molar refractivity (Wildman–Crippen MR) is 49.4 cm³/mol. The number of aromatic carboxylic acids is 1. The number of nitrogens with two attached hydrogens (primary N) is 1. The zero-order valence-electron chi connectivity index (χ0n) is 8.13. The maximum absolute atomic E-state index is 12.5. The molecule has 1 aromatic rings. The summed E-state index contributed by atoms with van der Waals surface area (Å²) in [6.45, 7) is 0. The molecule has 0 fully saturated rings. The molecule has 88 valence electrons. The number of halogens is 3. The molecule has 0 saturated heterocycles. The number of nitrogen functional groups attached to an aromatic ring is 1. The molecule has 0 unspecified atom stereocenters. The van der Waals surface area contributed by atoms with Gasteiger partial charge in [0.15, 0.2) is 0 Å². The molecule has 0 spiro atoms. The molecular weight excluding hydrogens is 227 g/mol. The van der Waals surface area contributed by atoms with E-state index in [9.17, 15) is 18.0 Å². The number of anilines is 1. The van der Waals surface area contributed by atoms with Crippen molar-refractivity contribution in [3.05, 3.63) is 23.3 Å². The van der Waals surface area contributed by atoms with Gasteiger partial charge in [-0.1, -0.05) is 0 Å². The third-order valence-corrected chi connectivity index (χ3v) is 1.93. The van der Waals surface area contributed by atoms with Gasteiger partial charge in [0.25, 0.3) is 0 Å². The van der Waals surface area contributed by atoms with Crippen LogP contribution in [0.3, 0.4) is 0 Å². The molecule has 0 aliphatic heterocycles. The molecule has 7 heteroatoms. The quantitative estimate of drug-likeness (QED) is 0.769. The second kappa shape index (κ2) is 3.92. The van der Waals surface area contributed by atoms with E-state index in [2.05, 4.69) is 4.74 Å². The number of ether oxygens (including phenoxy) is 1. The summed E-state index contributed by atoms with van der Waals surface area (Å²) >= 11 is 0. The summed E-state index contributed by atoms with van der Waals surface area (Å²) in [7, 11) is 1.14. The normalized spacial score (nSPS) is 11.2. The van der Waals surface area contributed by atoms with E-state index in [1.807, 2.05) is 0 Å². The molecule has 1 aromatic carbocycles. The number of hydrogen-bond acceptors (Lipinski definition) is 3. The Morgan fingerprint density at radius 2 is 2.00 bits per heavy atom. The molecule has 0 aliphatic carbocycles. The maximum atomic E-state index is 12.5. The first-order valence-corrected chi connectivity index (χ1v) is 4.05. The van der Waals surface area contributed by atoms with E-state index in [0.29, 0.717) is 6.07 Å². The lowest BCUT2D eigenvalue weighted by Gasteiger charge is -2.13. The van der Waals surface area contributed by atoms with Crippen molar-refractivity contribution >= 4 is 11.7 Å². The van der Waals surface area contributed by atoms with Crippen LogP contribution in [0.4, 0.5) is 18.9 Å². The number of hydrogen-bond donors (Lipinski definition) is 2. The van der Waals surface area contributed by atoms with Gasteiger partial charge in [-0.05, 0) is 12.1 Å². The van der Waals surface area contributed by atoms with Crippen molar-refractivity contribution < 1.29 is 27.8 Å². The minimum Gasteiger partial charge on any atom is -0.497 e. The monoisotopic (exact) mass is 235 g/mol. The van der Waals surface area contributed by atoms with Crippen molar-refractivity contribution in [2.75, 3.05) is 12.8 Å². The van der Waals surface area contributed by atoms with Gasteiger partial charge in [-0.3, -0.25) is 0 Å². The zero-order valence-corrected chi connectivity index (χ0v) is 8.13. The first-order chi connectivity index (χ1) is 7.27. The smallest absolute Gasteiger partial charge is 0.418 e. The second-order valence-electron chi connectivity index (χ2n) is 2.94. The zero-order chi connectivity index (χ0) is 12.5. The van der Waals surface area contributed by atoms with Crippen molar-refractivity contribution in [2.24, 2.45) is 0 Å². The molecule has 0 aliphatic rings. The SMILES string of the molecule is COc1cc(C(=O)O)c(N)c(C(F)(F)F)c1. The van der Waals surface area contributed by atoms with E-state index < -0.39 is 29.0 Å². The molecule has 0 aromatic heterocycles. The summed E-state index contributed by atoms with van der Waals surface area (Å²) in [5.74, 6) is -1.75. The minimum atomic E-state index is -4.72. The number of carboxylic acids is 1. The van der Waals surface area contributed by atoms with Gasteiger partial charge in [0.05, 0.1) is 23.9 Å². The van der Waals surface area contributed by atoms with Crippen molar-refractivity contribution in [3.8, 4) is 5.75 Å². The fraction of sp³-hybridized carbons (Fsp3) is 0.222. The summed E-state index contributed by atoms with van der Waals surface area (Å²) in [4.78, 5) is 10.7. The highest BCUT2D eigenvalue weighted by atomic mass is 19.4. The Labute approximate surface area is 88.4 Å². The van der Waals surface area contributed by atoms with E-state index in [1.165, 1.54) is 0 Å². The van der Waals surface area contributed by atoms with Crippen LogP contribution in [0.2, 0.25) is 0 Å². The van der Waals surface area contributed by atoms with Crippen LogP contribution in [0.1, 0.15) is 15.9 Å². The van der Waals surface area contributed by atoms with Crippen LogP contribution in [0.15, 0.2) is 12.1 Å². The summed E-state index contributed by atoms with van der Waals surface area (Å²) in [6.07, 6.45) is -4.72.